The molecule has 0 bridgehead atoms. The lowest BCUT2D eigenvalue weighted by atomic mass is 10.0. The van der Waals surface area contributed by atoms with Crippen molar-refractivity contribution in [2.24, 2.45) is 0 Å². The summed E-state index contributed by atoms with van der Waals surface area (Å²) < 4.78 is 6.85. The number of hydrogen-bond acceptors (Lipinski definition) is 5. The minimum atomic E-state index is 0.143. The molecule has 0 radical (unpaired) electrons. The zero-order valence-electron chi connectivity index (χ0n) is 13.0. The van der Waals surface area contributed by atoms with E-state index in [-0.39, 0.29) is 6.61 Å². The van der Waals surface area contributed by atoms with Crippen molar-refractivity contribution < 1.29 is 9.74 Å². The Kier molecular flexibility index (Phi) is 3.80. The van der Waals surface area contributed by atoms with Gasteiger partial charge in [0.15, 0.2) is 0 Å². The predicted molar refractivity (Wildman–Crippen MR) is 90.2 cm³/mol. The Labute approximate surface area is 138 Å². The summed E-state index contributed by atoms with van der Waals surface area (Å²) >= 11 is 0. The van der Waals surface area contributed by atoms with Gasteiger partial charge in [0.05, 0.1) is 17.7 Å². The second-order valence-corrected chi connectivity index (χ2v) is 5.55. The lowest BCUT2D eigenvalue weighted by Gasteiger charge is -2.10. The quantitative estimate of drug-likeness (QED) is 0.611. The molecule has 0 aliphatic rings. The fourth-order valence-electron chi connectivity index (χ4n) is 2.83. The van der Waals surface area contributed by atoms with Crippen molar-refractivity contribution in [2.45, 2.75) is 13.0 Å². The summed E-state index contributed by atoms with van der Waals surface area (Å²) in [6, 6.07) is 15.9. The lowest BCUT2D eigenvalue weighted by Crippen LogP contribution is -2.01. The molecule has 0 unspecified atom stereocenters. The van der Waals surface area contributed by atoms with Crippen LogP contribution in [0.25, 0.3) is 33.5 Å². The van der Waals surface area contributed by atoms with Gasteiger partial charge in [-0.2, -0.15) is 0 Å². The van der Waals surface area contributed by atoms with Crippen LogP contribution in [0.2, 0.25) is 0 Å². The number of aliphatic hydroxyl groups excluding tert-OH is 1. The van der Waals surface area contributed by atoms with E-state index < -0.39 is 0 Å². The van der Waals surface area contributed by atoms with Crippen molar-refractivity contribution >= 4 is 11.0 Å². The van der Waals surface area contributed by atoms with Gasteiger partial charge < -0.3 is 9.67 Å². The Bertz CT molecular complexity index is 959. The standard InChI is InChI=1S/C18H16N4O2/c23-10-4-9-22-12-19-17(13-5-2-1-3-6-13)18(22)14-7-8-15-16(11-14)21-24-20-15/h1-3,5-8,11-12,23H,4,9-10H2. The molecular weight excluding hydrogens is 304 g/mol. The number of benzene rings is 2. The molecule has 0 saturated carbocycles. The van der Waals surface area contributed by atoms with Crippen LogP contribution < -0.4 is 0 Å². The molecule has 0 saturated heterocycles. The van der Waals surface area contributed by atoms with E-state index in [0.29, 0.717) is 18.5 Å². The van der Waals surface area contributed by atoms with Gasteiger partial charge in [-0.1, -0.05) is 36.4 Å². The Morgan fingerprint density at radius 2 is 1.79 bits per heavy atom. The summed E-state index contributed by atoms with van der Waals surface area (Å²) in [6.07, 6.45) is 2.49. The van der Waals surface area contributed by atoms with Gasteiger partial charge in [-0.25, -0.2) is 9.61 Å². The van der Waals surface area contributed by atoms with Crippen LogP contribution >= 0.6 is 0 Å². The zero-order chi connectivity index (χ0) is 16.4. The molecule has 4 rings (SSSR count). The van der Waals surface area contributed by atoms with Crippen LogP contribution in [0.5, 0.6) is 0 Å². The molecule has 0 fully saturated rings. The number of rotatable bonds is 5. The number of nitrogens with zero attached hydrogens (tertiary/aromatic N) is 4. The second kappa shape index (κ2) is 6.25. The molecule has 24 heavy (non-hydrogen) atoms. The Morgan fingerprint density at radius 1 is 0.958 bits per heavy atom. The van der Waals surface area contributed by atoms with Crippen LogP contribution in [0.4, 0.5) is 0 Å². The summed E-state index contributed by atoms with van der Waals surface area (Å²) in [5.74, 6) is 0. The Morgan fingerprint density at radius 3 is 2.62 bits per heavy atom. The van der Waals surface area contributed by atoms with Gasteiger partial charge >= 0.3 is 0 Å². The zero-order valence-corrected chi connectivity index (χ0v) is 13.0. The predicted octanol–water partition coefficient (Wildman–Crippen LogP) is 3.14. The molecule has 0 aliphatic heterocycles. The molecule has 6 nitrogen and oxygen atoms in total. The minimum Gasteiger partial charge on any atom is -0.396 e. The van der Waals surface area contributed by atoms with Crippen LogP contribution in [-0.2, 0) is 6.54 Å². The van der Waals surface area contributed by atoms with Crippen molar-refractivity contribution in [1.82, 2.24) is 19.9 Å². The van der Waals surface area contributed by atoms with E-state index in [2.05, 4.69) is 19.9 Å². The maximum atomic E-state index is 9.16. The van der Waals surface area contributed by atoms with Crippen LogP contribution in [0.1, 0.15) is 6.42 Å². The third-order valence-electron chi connectivity index (χ3n) is 3.97. The first-order valence-electron chi connectivity index (χ1n) is 7.81. The van der Waals surface area contributed by atoms with E-state index in [4.69, 9.17) is 9.74 Å². The molecule has 6 heteroatoms. The second-order valence-electron chi connectivity index (χ2n) is 5.55. The van der Waals surface area contributed by atoms with Gasteiger partial charge in [-0.3, -0.25) is 0 Å². The van der Waals surface area contributed by atoms with Gasteiger partial charge in [0.25, 0.3) is 0 Å². The highest BCUT2D eigenvalue weighted by molar-refractivity contribution is 5.85. The number of fused-ring (bicyclic) bond motifs is 1. The van der Waals surface area contributed by atoms with Crippen LogP contribution in [0.15, 0.2) is 59.5 Å². The number of imidazole rings is 1. The number of aliphatic hydroxyl groups is 1. The molecule has 0 amide bonds. The van der Waals surface area contributed by atoms with Gasteiger partial charge in [0, 0.05) is 24.3 Å². The Hall–Kier alpha value is -2.99. The highest BCUT2D eigenvalue weighted by Gasteiger charge is 2.16. The van der Waals surface area contributed by atoms with Crippen molar-refractivity contribution in [1.29, 1.82) is 0 Å². The summed E-state index contributed by atoms with van der Waals surface area (Å²) in [7, 11) is 0. The molecule has 120 valence electrons. The number of aromatic nitrogens is 4. The number of aryl methyl sites for hydroxylation is 1. The van der Waals surface area contributed by atoms with Crippen LogP contribution in [0.3, 0.4) is 0 Å². The topological polar surface area (TPSA) is 77.0 Å². The van der Waals surface area contributed by atoms with Crippen LogP contribution in [-0.4, -0.2) is 31.6 Å². The average molecular weight is 320 g/mol. The van der Waals surface area contributed by atoms with E-state index in [1.54, 1.807) is 0 Å². The van der Waals surface area contributed by atoms with Crippen molar-refractivity contribution in [3.63, 3.8) is 0 Å². The van der Waals surface area contributed by atoms with Gasteiger partial charge in [-0.15, -0.1) is 0 Å². The smallest absolute Gasteiger partial charge is 0.135 e. The maximum Gasteiger partial charge on any atom is 0.135 e. The van der Waals surface area contributed by atoms with Gasteiger partial charge in [0.2, 0.25) is 0 Å². The summed E-state index contributed by atoms with van der Waals surface area (Å²) in [5.41, 5.74) is 5.38. The molecule has 2 aromatic carbocycles. The highest BCUT2D eigenvalue weighted by Crippen LogP contribution is 2.32. The first-order chi connectivity index (χ1) is 11.9. The normalized spacial score (nSPS) is 11.2. The lowest BCUT2D eigenvalue weighted by molar-refractivity contribution is 0.280. The monoisotopic (exact) mass is 320 g/mol. The molecule has 0 spiro atoms. The van der Waals surface area contributed by atoms with Gasteiger partial charge in [-0.05, 0) is 28.9 Å². The summed E-state index contributed by atoms with van der Waals surface area (Å²) in [6.45, 7) is 0.839. The fourth-order valence-corrected chi connectivity index (χ4v) is 2.83. The van der Waals surface area contributed by atoms with Crippen molar-refractivity contribution in [2.75, 3.05) is 6.61 Å². The molecular formula is C18H16N4O2. The van der Waals surface area contributed by atoms with Crippen LogP contribution in [0, 0.1) is 0 Å². The summed E-state index contributed by atoms with van der Waals surface area (Å²) in [4.78, 5) is 4.61. The van der Waals surface area contributed by atoms with E-state index in [1.165, 1.54) is 0 Å². The third kappa shape index (κ3) is 2.57. The average Bonchev–Trinajstić information content (AvgIpc) is 3.26. The molecule has 2 heterocycles. The minimum absolute atomic E-state index is 0.143. The highest BCUT2D eigenvalue weighted by atomic mass is 16.6. The largest absolute Gasteiger partial charge is 0.396 e. The first-order valence-corrected chi connectivity index (χ1v) is 7.81. The molecule has 1 N–H and O–H groups in total. The fraction of sp³-hybridized carbons (Fsp3) is 0.167. The number of hydrogen-bond donors (Lipinski definition) is 1. The van der Waals surface area contributed by atoms with E-state index in [1.807, 2.05) is 54.9 Å². The van der Waals surface area contributed by atoms with E-state index in [9.17, 15) is 0 Å². The maximum absolute atomic E-state index is 9.16. The molecule has 0 aliphatic carbocycles. The van der Waals surface area contributed by atoms with Crippen molar-refractivity contribution in [3.8, 4) is 22.5 Å². The Balaban J connectivity index is 1.88. The molecule has 0 atom stereocenters. The molecule has 2 aromatic heterocycles. The SMILES string of the molecule is OCCCn1cnc(-c2ccccc2)c1-c1ccc2nonc2c1. The van der Waals surface area contributed by atoms with E-state index >= 15 is 0 Å². The summed E-state index contributed by atoms with van der Waals surface area (Å²) in [5, 5.41) is 16.9. The van der Waals surface area contributed by atoms with Gasteiger partial charge in [0.1, 0.15) is 11.0 Å². The third-order valence-corrected chi connectivity index (χ3v) is 3.97. The van der Waals surface area contributed by atoms with Crippen molar-refractivity contribution in [3.05, 3.63) is 54.9 Å². The van der Waals surface area contributed by atoms with E-state index in [0.717, 1.165) is 28.0 Å². The first kappa shape index (κ1) is 14.6. The molecule has 4 aromatic rings.